The predicted molar refractivity (Wildman–Crippen MR) is 83.4 cm³/mol. The van der Waals surface area contributed by atoms with E-state index < -0.39 is 9.84 Å². The lowest BCUT2D eigenvalue weighted by Gasteiger charge is -2.14. The summed E-state index contributed by atoms with van der Waals surface area (Å²) in [6.45, 7) is 3.79. The van der Waals surface area contributed by atoms with Crippen LogP contribution in [0, 0.1) is 6.92 Å². The summed E-state index contributed by atoms with van der Waals surface area (Å²) in [5.74, 6) is -0.318. The van der Waals surface area contributed by atoms with Crippen molar-refractivity contribution in [1.82, 2.24) is 15.1 Å². The normalized spacial score (nSPS) is 12.9. The van der Waals surface area contributed by atoms with Crippen LogP contribution in [0.1, 0.15) is 34.6 Å². The van der Waals surface area contributed by atoms with Crippen LogP contribution in [0.2, 0.25) is 0 Å². The molecule has 6 nitrogen and oxygen atoms in total. The lowest BCUT2D eigenvalue weighted by Crippen LogP contribution is -2.27. The summed E-state index contributed by atoms with van der Waals surface area (Å²) in [4.78, 5) is 12.4. The molecule has 1 atom stereocenters. The van der Waals surface area contributed by atoms with E-state index in [1.807, 2.05) is 20.9 Å². The quantitative estimate of drug-likeness (QED) is 0.928. The van der Waals surface area contributed by atoms with Gasteiger partial charge in [-0.2, -0.15) is 5.10 Å². The minimum absolute atomic E-state index is 0.130. The maximum Gasteiger partial charge on any atom is 0.251 e. The van der Waals surface area contributed by atoms with Gasteiger partial charge >= 0.3 is 0 Å². The molecule has 0 unspecified atom stereocenters. The van der Waals surface area contributed by atoms with Gasteiger partial charge in [-0.3, -0.25) is 9.48 Å². The fourth-order valence-electron chi connectivity index (χ4n) is 2.17. The Hall–Kier alpha value is -2.15. The van der Waals surface area contributed by atoms with E-state index in [0.717, 1.165) is 17.5 Å². The van der Waals surface area contributed by atoms with Crippen molar-refractivity contribution in [3.05, 3.63) is 47.3 Å². The van der Waals surface area contributed by atoms with Crippen LogP contribution < -0.4 is 5.32 Å². The van der Waals surface area contributed by atoms with Gasteiger partial charge in [0.2, 0.25) is 0 Å². The lowest BCUT2D eigenvalue weighted by atomic mass is 10.1. The van der Waals surface area contributed by atoms with Crippen molar-refractivity contribution >= 4 is 15.7 Å². The molecule has 0 aliphatic rings. The minimum atomic E-state index is -3.34. The molecule has 0 aliphatic carbocycles. The maximum absolute atomic E-state index is 12.3. The molecule has 0 fully saturated rings. The first kappa shape index (κ1) is 16.2. The fraction of sp³-hybridized carbons (Fsp3) is 0.333. The number of nitrogens with zero attached hydrogens (tertiary/aromatic N) is 2. The van der Waals surface area contributed by atoms with E-state index in [4.69, 9.17) is 0 Å². The monoisotopic (exact) mass is 321 g/mol. The first-order chi connectivity index (χ1) is 10.2. The Morgan fingerprint density at radius 1 is 1.36 bits per heavy atom. The van der Waals surface area contributed by atoms with Crippen molar-refractivity contribution in [3.8, 4) is 0 Å². The zero-order chi connectivity index (χ0) is 16.5. The number of rotatable bonds is 4. The highest BCUT2D eigenvalue weighted by atomic mass is 32.2. The molecule has 0 spiro atoms. The molecule has 2 aromatic rings. The van der Waals surface area contributed by atoms with Crippen molar-refractivity contribution in [1.29, 1.82) is 0 Å². The lowest BCUT2D eigenvalue weighted by molar-refractivity contribution is 0.0939. The van der Waals surface area contributed by atoms with Gasteiger partial charge in [-0.15, -0.1) is 0 Å². The van der Waals surface area contributed by atoms with E-state index in [9.17, 15) is 13.2 Å². The van der Waals surface area contributed by atoms with Gasteiger partial charge in [0.05, 0.1) is 17.1 Å². The molecule has 22 heavy (non-hydrogen) atoms. The third-order valence-corrected chi connectivity index (χ3v) is 4.72. The summed E-state index contributed by atoms with van der Waals surface area (Å²) in [6, 6.07) is 5.79. The van der Waals surface area contributed by atoms with Crippen LogP contribution in [0.25, 0.3) is 0 Å². The smallest absolute Gasteiger partial charge is 0.251 e. The first-order valence-corrected chi connectivity index (χ1v) is 8.69. The SMILES string of the molecule is Cc1c([C@H](C)NC(=O)c2cccc(S(C)(=O)=O)c2)cnn1C. The van der Waals surface area contributed by atoms with Gasteiger partial charge in [0, 0.05) is 30.1 Å². The van der Waals surface area contributed by atoms with E-state index in [1.165, 1.54) is 12.1 Å². The number of benzene rings is 1. The second-order valence-corrected chi connectivity index (χ2v) is 7.32. The van der Waals surface area contributed by atoms with Crippen LogP contribution in [0.15, 0.2) is 35.4 Å². The van der Waals surface area contributed by atoms with E-state index in [2.05, 4.69) is 10.4 Å². The minimum Gasteiger partial charge on any atom is -0.345 e. The number of hydrogen-bond acceptors (Lipinski definition) is 4. The van der Waals surface area contributed by atoms with Crippen molar-refractivity contribution in [3.63, 3.8) is 0 Å². The summed E-state index contributed by atoms with van der Waals surface area (Å²) in [5, 5.41) is 7.01. The largest absolute Gasteiger partial charge is 0.345 e. The molecular formula is C15H19N3O3S. The highest BCUT2D eigenvalue weighted by Crippen LogP contribution is 2.17. The maximum atomic E-state index is 12.3. The number of carbonyl (C=O) groups excluding carboxylic acids is 1. The number of amides is 1. The van der Waals surface area contributed by atoms with Gasteiger partial charge in [-0.1, -0.05) is 6.07 Å². The van der Waals surface area contributed by atoms with E-state index >= 15 is 0 Å². The van der Waals surface area contributed by atoms with Crippen LogP contribution in [-0.4, -0.2) is 30.4 Å². The molecular weight excluding hydrogens is 302 g/mol. The van der Waals surface area contributed by atoms with E-state index in [1.54, 1.807) is 23.0 Å². The second-order valence-electron chi connectivity index (χ2n) is 5.30. The van der Waals surface area contributed by atoms with E-state index in [0.29, 0.717) is 5.56 Å². The zero-order valence-electron chi connectivity index (χ0n) is 13.0. The Kier molecular flexibility index (Phi) is 4.37. The summed E-state index contributed by atoms with van der Waals surface area (Å²) in [6.07, 6.45) is 2.83. The van der Waals surface area contributed by atoms with Crippen molar-refractivity contribution in [2.45, 2.75) is 24.8 Å². The van der Waals surface area contributed by atoms with Gasteiger partial charge in [0.25, 0.3) is 5.91 Å². The Labute approximate surface area is 130 Å². The molecule has 0 bridgehead atoms. The number of hydrogen-bond donors (Lipinski definition) is 1. The molecule has 0 aliphatic heterocycles. The highest BCUT2D eigenvalue weighted by molar-refractivity contribution is 7.90. The van der Waals surface area contributed by atoms with Gasteiger partial charge in [-0.25, -0.2) is 8.42 Å². The number of sulfone groups is 1. The fourth-order valence-corrected chi connectivity index (χ4v) is 2.83. The molecule has 1 aromatic heterocycles. The molecule has 2 rings (SSSR count). The third kappa shape index (κ3) is 3.36. The number of carbonyl (C=O) groups is 1. The Morgan fingerprint density at radius 2 is 2.05 bits per heavy atom. The predicted octanol–water partition coefficient (Wildman–Crippen LogP) is 1.62. The molecule has 1 aromatic carbocycles. The van der Waals surface area contributed by atoms with Crippen LogP contribution in [0.3, 0.4) is 0 Å². The average molecular weight is 321 g/mol. The van der Waals surface area contributed by atoms with Crippen LogP contribution in [0.5, 0.6) is 0 Å². The molecule has 0 saturated carbocycles. The topological polar surface area (TPSA) is 81.1 Å². The van der Waals surface area contributed by atoms with Gasteiger partial charge in [-0.05, 0) is 32.0 Å². The van der Waals surface area contributed by atoms with Crippen molar-refractivity contribution in [2.24, 2.45) is 7.05 Å². The molecule has 7 heteroatoms. The first-order valence-electron chi connectivity index (χ1n) is 6.79. The van der Waals surface area contributed by atoms with Gasteiger partial charge in [0.1, 0.15) is 0 Å². The summed E-state index contributed by atoms with van der Waals surface area (Å²) >= 11 is 0. The van der Waals surface area contributed by atoms with Crippen molar-refractivity contribution in [2.75, 3.05) is 6.26 Å². The molecule has 118 valence electrons. The summed E-state index contributed by atoms with van der Waals surface area (Å²) < 4.78 is 24.9. The number of aromatic nitrogens is 2. The van der Waals surface area contributed by atoms with Gasteiger partial charge < -0.3 is 5.32 Å². The number of nitrogens with one attached hydrogen (secondary N) is 1. The third-order valence-electron chi connectivity index (χ3n) is 3.61. The van der Waals surface area contributed by atoms with Crippen molar-refractivity contribution < 1.29 is 13.2 Å². The molecule has 1 N–H and O–H groups in total. The second kappa shape index (κ2) is 5.92. The highest BCUT2D eigenvalue weighted by Gasteiger charge is 2.17. The Bertz CT molecular complexity index is 809. The summed E-state index contributed by atoms with van der Waals surface area (Å²) in [5.41, 5.74) is 2.21. The van der Waals surface area contributed by atoms with E-state index in [-0.39, 0.29) is 16.8 Å². The van der Waals surface area contributed by atoms with Crippen LogP contribution >= 0.6 is 0 Å². The molecule has 1 heterocycles. The molecule has 0 saturated heterocycles. The standard InChI is InChI=1S/C15H19N3O3S/c1-10(14-9-16-18(3)11(14)2)17-15(19)12-6-5-7-13(8-12)22(4,20)21/h5-10H,1-4H3,(H,17,19)/t10-/m0/s1. The Morgan fingerprint density at radius 3 is 2.59 bits per heavy atom. The average Bonchev–Trinajstić information content (AvgIpc) is 2.78. The summed E-state index contributed by atoms with van der Waals surface area (Å²) in [7, 11) is -1.50. The Balaban J connectivity index is 2.21. The zero-order valence-corrected chi connectivity index (χ0v) is 13.8. The van der Waals surface area contributed by atoms with Crippen LogP contribution in [0.4, 0.5) is 0 Å². The molecule has 0 radical (unpaired) electrons. The molecule has 1 amide bonds. The van der Waals surface area contributed by atoms with Crippen LogP contribution in [-0.2, 0) is 16.9 Å². The number of aryl methyl sites for hydroxylation is 1. The van der Waals surface area contributed by atoms with Gasteiger partial charge in [0.15, 0.2) is 9.84 Å².